The number of carbonyl (C=O) groups excluding carboxylic acids is 1. The number of hydrogen-bond donors (Lipinski definition) is 1. The number of rotatable bonds is 5. The molecule has 0 unspecified atom stereocenters. The quantitative estimate of drug-likeness (QED) is 0.442. The van der Waals surface area contributed by atoms with Gasteiger partial charge in [0.25, 0.3) is 5.91 Å². The zero-order valence-corrected chi connectivity index (χ0v) is 17.5. The Morgan fingerprint density at radius 3 is 2.59 bits per heavy atom. The van der Waals surface area contributed by atoms with Crippen molar-refractivity contribution in [2.75, 3.05) is 5.32 Å². The van der Waals surface area contributed by atoms with E-state index >= 15 is 0 Å². The molecule has 158 valence electrons. The van der Waals surface area contributed by atoms with Crippen molar-refractivity contribution in [2.24, 2.45) is 0 Å². The van der Waals surface area contributed by atoms with Crippen molar-refractivity contribution < 1.29 is 9.18 Å². The summed E-state index contributed by atoms with van der Waals surface area (Å²) in [5, 5.41) is 20.1. The summed E-state index contributed by atoms with van der Waals surface area (Å²) in [5.41, 5.74) is 1.23. The molecular formula is C21H15FN8OS. The molecule has 3 aromatic heterocycles. The van der Waals surface area contributed by atoms with E-state index in [2.05, 4.69) is 30.9 Å². The number of anilines is 1. The van der Waals surface area contributed by atoms with E-state index in [0.29, 0.717) is 17.3 Å². The summed E-state index contributed by atoms with van der Waals surface area (Å²) in [4.78, 5) is 18.2. The van der Waals surface area contributed by atoms with Crippen molar-refractivity contribution in [3.8, 4) is 22.1 Å². The predicted octanol–water partition coefficient (Wildman–Crippen LogP) is 3.67. The Hall–Kier alpha value is -4.25. The van der Waals surface area contributed by atoms with Crippen LogP contribution in [-0.4, -0.2) is 40.9 Å². The van der Waals surface area contributed by atoms with Crippen LogP contribution in [-0.2, 0) is 0 Å². The largest absolute Gasteiger partial charge is 0.317 e. The molecule has 3 heterocycles. The van der Waals surface area contributed by atoms with E-state index in [1.807, 2.05) is 47.8 Å². The average molecular weight is 446 g/mol. The van der Waals surface area contributed by atoms with Crippen LogP contribution in [0, 0.1) is 12.7 Å². The molecule has 0 aliphatic carbocycles. The molecule has 1 amide bonds. The van der Waals surface area contributed by atoms with E-state index in [1.54, 1.807) is 11.6 Å². The number of halogens is 1. The molecule has 11 heteroatoms. The molecule has 0 saturated carbocycles. The van der Waals surface area contributed by atoms with Gasteiger partial charge in [-0.3, -0.25) is 4.79 Å². The van der Waals surface area contributed by atoms with Gasteiger partial charge in [-0.05, 0) is 59.1 Å². The topological polar surface area (TPSA) is 103 Å². The fourth-order valence-corrected chi connectivity index (χ4v) is 3.81. The van der Waals surface area contributed by atoms with E-state index in [1.165, 1.54) is 34.2 Å². The van der Waals surface area contributed by atoms with Crippen LogP contribution in [0.1, 0.15) is 16.4 Å². The molecule has 32 heavy (non-hydrogen) atoms. The lowest BCUT2D eigenvalue weighted by Gasteiger charge is -2.07. The second-order valence-electron chi connectivity index (χ2n) is 6.74. The number of nitrogens with zero attached hydrogens (tertiary/aromatic N) is 7. The van der Waals surface area contributed by atoms with Gasteiger partial charge < -0.3 is 5.32 Å². The molecule has 5 aromatic rings. The van der Waals surface area contributed by atoms with Crippen molar-refractivity contribution in [2.45, 2.75) is 6.92 Å². The molecule has 1 N–H and O–H groups in total. The minimum absolute atomic E-state index is 0.0314. The first kappa shape index (κ1) is 19.7. The van der Waals surface area contributed by atoms with Gasteiger partial charge in [-0.1, -0.05) is 24.3 Å². The third-order valence-corrected chi connectivity index (χ3v) is 5.49. The normalized spacial score (nSPS) is 10.9. The van der Waals surface area contributed by atoms with E-state index in [-0.39, 0.29) is 11.5 Å². The van der Waals surface area contributed by atoms with E-state index in [9.17, 15) is 9.18 Å². The molecular weight excluding hydrogens is 431 g/mol. The third kappa shape index (κ3) is 3.65. The van der Waals surface area contributed by atoms with Gasteiger partial charge in [-0.15, -0.1) is 21.5 Å². The molecule has 0 saturated heterocycles. The fourth-order valence-electron chi connectivity index (χ4n) is 3.11. The maximum Gasteiger partial charge on any atom is 0.295 e. The monoisotopic (exact) mass is 446 g/mol. The Bertz CT molecular complexity index is 1390. The summed E-state index contributed by atoms with van der Waals surface area (Å²) in [5.74, 6) is -0.274. The minimum atomic E-state index is -0.637. The molecule has 9 nitrogen and oxygen atoms in total. The van der Waals surface area contributed by atoms with E-state index in [0.717, 1.165) is 10.6 Å². The Labute approximate surface area is 185 Å². The van der Waals surface area contributed by atoms with Crippen LogP contribution in [0.2, 0.25) is 0 Å². The number of aromatic nitrogens is 7. The molecule has 0 aliphatic heterocycles. The van der Waals surface area contributed by atoms with Crippen LogP contribution in [0.5, 0.6) is 0 Å². The summed E-state index contributed by atoms with van der Waals surface area (Å²) in [6.07, 6.45) is 0. The Kier molecular flexibility index (Phi) is 5.00. The van der Waals surface area contributed by atoms with Gasteiger partial charge >= 0.3 is 0 Å². The van der Waals surface area contributed by atoms with E-state index < -0.39 is 11.7 Å². The highest BCUT2D eigenvalue weighted by Crippen LogP contribution is 2.26. The van der Waals surface area contributed by atoms with Crippen molar-refractivity contribution >= 4 is 22.9 Å². The molecule has 0 radical (unpaired) electrons. The Balaban J connectivity index is 1.50. The van der Waals surface area contributed by atoms with Crippen molar-refractivity contribution in [1.29, 1.82) is 0 Å². The van der Waals surface area contributed by atoms with Gasteiger partial charge in [-0.2, -0.15) is 4.68 Å². The van der Waals surface area contributed by atoms with Crippen molar-refractivity contribution in [3.63, 3.8) is 0 Å². The van der Waals surface area contributed by atoms with Crippen molar-refractivity contribution in [3.05, 3.63) is 83.5 Å². The number of nitrogens with one attached hydrogen (secondary N) is 1. The molecule has 0 fully saturated rings. The summed E-state index contributed by atoms with van der Waals surface area (Å²) in [6.45, 7) is 1.72. The van der Waals surface area contributed by atoms with Crippen LogP contribution in [0.3, 0.4) is 0 Å². The van der Waals surface area contributed by atoms with Crippen LogP contribution in [0.4, 0.5) is 10.1 Å². The number of hydrogen-bond acceptors (Lipinski definition) is 7. The smallest absolute Gasteiger partial charge is 0.295 e. The van der Waals surface area contributed by atoms with Gasteiger partial charge in [0.05, 0.1) is 21.9 Å². The van der Waals surface area contributed by atoms with Crippen LogP contribution < -0.4 is 5.32 Å². The predicted molar refractivity (Wildman–Crippen MR) is 116 cm³/mol. The Morgan fingerprint density at radius 1 is 1.03 bits per heavy atom. The first-order valence-electron chi connectivity index (χ1n) is 9.53. The highest BCUT2D eigenvalue weighted by atomic mass is 32.1. The highest BCUT2D eigenvalue weighted by molar-refractivity contribution is 7.13. The zero-order chi connectivity index (χ0) is 22.1. The lowest BCUT2D eigenvalue weighted by atomic mass is 10.2. The lowest BCUT2D eigenvalue weighted by Crippen LogP contribution is -2.15. The molecule has 0 spiro atoms. The molecule has 2 aromatic carbocycles. The average Bonchev–Trinajstić information content (AvgIpc) is 3.56. The lowest BCUT2D eigenvalue weighted by molar-refractivity contribution is 0.101. The maximum absolute atomic E-state index is 14.4. The third-order valence-electron chi connectivity index (χ3n) is 4.62. The maximum atomic E-state index is 14.4. The van der Waals surface area contributed by atoms with Gasteiger partial charge in [0.2, 0.25) is 5.82 Å². The first-order valence-corrected chi connectivity index (χ1v) is 10.4. The van der Waals surface area contributed by atoms with Gasteiger partial charge in [-0.25, -0.2) is 14.1 Å². The second-order valence-corrected chi connectivity index (χ2v) is 7.69. The summed E-state index contributed by atoms with van der Waals surface area (Å²) < 4.78 is 17.5. The number of tetrazole rings is 1. The van der Waals surface area contributed by atoms with E-state index in [4.69, 9.17) is 0 Å². The zero-order valence-electron chi connectivity index (χ0n) is 16.7. The standard InChI is InChI=1S/C21H15FN8OS/c1-13-25-27-28-29(13)15-9-10-16(22)17(12-15)23-21(31)19-24-20(18-8-5-11-32-18)30(26-19)14-6-3-2-4-7-14/h2-12H,1H3,(H,23,31). The number of carbonyl (C=O) groups is 1. The Morgan fingerprint density at radius 2 is 1.88 bits per heavy atom. The highest BCUT2D eigenvalue weighted by Gasteiger charge is 2.21. The van der Waals surface area contributed by atoms with Crippen LogP contribution >= 0.6 is 11.3 Å². The number of benzene rings is 2. The fraction of sp³-hybridized carbons (Fsp3) is 0.0476. The molecule has 5 rings (SSSR count). The number of thiophene rings is 1. The number of aryl methyl sites for hydroxylation is 1. The summed E-state index contributed by atoms with van der Waals surface area (Å²) in [7, 11) is 0. The molecule has 0 atom stereocenters. The minimum Gasteiger partial charge on any atom is -0.317 e. The molecule has 0 aliphatic rings. The first-order chi connectivity index (χ1) is 15.6. The van der Waals surface area contributed by atoms with Crippen LogP contribution in [0.25, 0.3) is 22.1 Å². The number of para-hydroxylation sites is 1. The van der Waals surface area contributed by atoms with Gasteiger partial charge in [0, 0.05) is 0 Å². The number of amides is 1. The molecule has 0 bridgehead atoms. The summed E-state index contributed by atoms with van der Waals surface area (Å²) in [6, 6.07) is 17.4. The van der Waals surface area contributed by atoms with Gasteiger partial charge in [0.15, 0.2) is 11.6 Å². The summed E-state index contributed by atoms with van der Waals surface area (Å²) >= 11 is 1.48. The van der Waals surface area contributed by atoms with Crippen molar-refractivity contribution in [1.82, 2.24) is 35.0 Å². The SMILES string of the molecule is Cc1nnnn1-c1ccc(F)c(NC(=O)c2nc(-c3cccs3)n(-c3ccccc3)n2)c1. The van der Waals surface area contributed by atoms with Crippen LogP contribution in [0.15, 0.2) is 66.0 Å². The van der Waals surface area contributed by atoms with Gasteiger partial charge in [0.1, 0.15) is 5.82 Å². The second kappa shape index (κ2) is 8.12.